The summed E-state index contributed by atoms with van der Waals surface area (Å²) >= 11 is 0. The van der Waals surface area contributed by atoms with Gasteiger partial charge in [0.1, 0.15) is 5.56 Å². The summed E-state index contributed by atoms with van der Waals surface area (Å²) < 4.78 is 0. The van der Waals surface area contributed by atoms with Crippen LogP contribution in [0.1, 0.15) is 23.2 Å². The minimum Gasteiger partial charge on any atom is -0.338 e. The molecule has 0 aromatic heterocycles. The van der Waals surface area contributed by atoms with E-state index >= 15 is 0 Å². The molecular formula is C14H19N3O3. The zero-order chi connectivity index (χ0) is 14.7. The molecular weight excluding hydrogens is 258 g/mol. The van der Waals surface area contributed by atoms with Crippen molar-refractivity contribution in [1.29, 1.82) is 0 Å². The number of nitrogens with zero attached hydrogens (tertiary/aromatic N) is 3. The number of piperidine rings is 1. The van der Waals surface area contributed by atoms with Gasteiger partial charge in [-0.2, -0.15) is 0 Å². The van der Waals surface area contributed by atoms with Crippen LogP contribution < -0.4 is 0 Å². The number of likely N-dealkylation sites (tertiary alicyclic amines) is 1. The van der Waals surface area contributed by atoms with Gasteiger partial charge in [-0.1, -0.05) is 12.1 Å². The lowest BCUT2D eigenvalue weighted by Crippen LogP contribution is -2.44. The second-order valence-electron chi connectivity index (χ2n) is 5.22. The maximum atomic E-state index is 12.5. The summed E-state index contributed by atoms with van der Waals surface area (Å²) in [5.41, 5.74) is 0.0382. The third-order valence-electron chi connectivity index (χ3n) is 3.89. The Morgan fingerprint density at radius 2 is 1.95 bits per heavy atom. The molecule has 1 amide bonds. The van der Waals surface area contributed by atoms with Gasteiger partial charge in [0.15, 0.2) is 0 Å². The number of nitro groups is 1. The Balaban J connectivity index is 2.17. The Bertz CT molecular complexity index is 510. The first-order valence-electron chi connectivity index (χ1n) is 6.70. The highest BCUT2D eigenvalue weighted by molar-refractivity contribution is 5.98. The van der Waals surface area contributed by atoms with Gasteiger partial charge in [-0.15, -0.1) is 0 Å². The maximum absolute atomic E-state index is 12.5. The van der Waals surface area contributed by atoms with E-state index in [9.17, 15) is 14.9 Å². The predicted molar refractivity (Wildman–Crippen MR) is 75.7 cm³/mol. The lowest BCUT2D eigenvalue weighted by Gasteiger charge is -2.35. The maximum Gasteiger partial charge on any atom is 0.282 e. The molecule has 1 aromatic rings. The highest BCUT2D eigenvalue weighted by Gasteiger charge is 2.28. The third-order valence-corrected chi connectivity index (χ3v) is 3.89. The van der Waals surface area contributed by atoms with Crippen LogP contribution >= 0.6 is 0 Å². The molecule has 0 spiro atoms. The van der Waals surface area contributed by atoms with Gasteiger partial charge in [-0.3, -0.25) is 14.9 Å². The molecule has 0 atom stereocenters. The minimum absolute atomic E-state index is 0.128. The number of amides is 1. The largest absolute Gasteiger partial charge is 0.338 e. The molecule has 1 aliphatic heterocycles. The van der Waals surface area contributed by atoms with E-state index in [4.69, 9.17) is 0 Å². The summed E-state index contributed by atoms with van der Waals surface area (Å²) in [4.78, 5) is 26.8. The standard InChI is InChI=1S/C14H19N3O3/c1-15-9-7-11(8-10-15)16(2)14(18)12-5-3-4-6-13(12)17(19)20/h3-6,11H,7-10H2,1-2H3. The second-order valence-corrected chi connectivity index (χ2v) is 5.22. The van der Waals surface area contributed by atoms with Crippen molar-refractivity contribution in [3.8, 4) is 0 Å². The molecule has 20 heavy (non-hydrogen) atoms. The average Bonchev–Trinajstić information content (AvgIpc) is 2.46. The smallest absolute Gasteiger partial charge is 0.282 e. The first kappa shape index (κ1) is 14.5. The lowest BCUT2D eigenvalue weighted by atomic mass is 10.0. The summed E-state index contributed by atoms with van der Waals surface area (Å²) in [6.45, 7) is 1.89. The van der Waals surface area contributed by atoms with Crippen molar-refractivity contribution in [1.82, 2.24) is 9.80 Å². The van der Waals surface area contributed by atoms with Crippen LogP contribution in [-0.4, -0.2) is 53.9 Å². The molecule has 108 valence electrons. The molecule has 6 heteroatoms. The molecule has 1 aromatic carbocycles. The van der Waals surface area contributed by atoms with Crippen molar-refractivity contribution in [3.63, 3.8) is 0 Å². The fourth-order valence-electron chi connectivity index (χ4n) is 2.55. The molecule has 0 aliphatic carbocycles. The van der Waals surface area contributed by atoms with Gasteiger partial charge in [-0.25, -0.2) is 0 Å². The van der Waals surface area contributed by atoms with Crippen molar-refractivity contribution in [2.45, 2.75) is 18.9 Å². The summed E-state index contributed by atoms with van der Waals surface area (Å²) in [6.07, 6.45) is 1.80. The molecule has 1 heterocycles. The highest BCUT2D eigenvalue weighted by atomic mass is 16.6. The van der Waals surface area contributed by atoms with E-state index in [0.29, 0.717) is 0 Å². The normalized spacial score (nSPS) is 16.9. The molecule has 1 fully saturated rings. The van der Waals surface area contributed by atoms with Gasteiger partial charge in [0.05, 0.1) is 4.92 Å². The fraction of sp³-hybridized carbons (Fsp3) is 0.500. The number of para-hydroxylation sites is 1. The van der Waals surface area contributed by atoms with Gasteiger partial charge in [-0.05, 0) is 39.0 Å². The van der Waals surface area contributed by atoms with Gasteiger partial charge in [0, 0.05) is 19.2 Å². The number of carbonyl (C=O) groups is 1. The quantitative estimate of drug-likeness (QED) is 0.623. The van der Waals surface area contributed by atoms with Gasteiger partial charge in [0.2, 0.25) is 0 Å². The third kappa shape index (κ3) is 2.96. The number of carbonyl (C=O) groups excluding carboxylic acids is 1. The van der Waals surface area contributed by atoms with Crippen molar-refractivity contribution < 1.29 is 9.72 Å². The molecule has 0 bridgehead atoms. The van der Waals surface area contributed by atoms with Crippen molar-refractivity contribution in [2.75, 3.05) is 27.2 Å². The van der Waals surface area contributed by atoms with Crippen LogP contribution in [0.5, 0.6) is 0 Å². The van der Waals surface area contributed by atoms with E-state index < -0.39 is 4.92 Å². The van der Waals surface area contributed by atoms with E-state index in [1.807, 2.05) is 0 Å². The Morgan fingerprint density at radius 1 is 1.35 bits per heavy atom. The van der Waals surface area contributed by atoms with E-state index in [0.717, 1.165) is 25.9 Å². The van der Waals surface area contributed by atoms with Crippen LogP contribution in [0.4, 0.5) is 5.69 Å². The van der Waals surface area contributed by atoms with Crippen molar-refractivity contribution >= 4 is 11.6 Å². The molecule has 2 rings (SSSR count). The van der Waals surface area contributed by atoms with E-state index in [-0.39, 0.29) is 23.2 Å². The number of hydrogen-bond acceptors (Lipinski definition) is 4. The highest BCUT2D eigenvalue weighted by Crippen LogP contribution is 2.22. The van der Waals surface area contributed by atoms with Crippen LogP contribution in [0.2, 0.25) is 0 Å². The number of benzene rings is 1. The second kappa shape index (κ2) is 6.00. The summed E-state index contributed by atoms with van der Waals surface area (Å²) in [6, 6.07) is 6.27. The fourth-order valence-corrected chi connectivity index (χ4v) is 2.55. The number of hydrogen-bond donors (Lipinski definition) is 0. The Kier molecular flexibility index (Phi) is 4.34. The predicted octanol–water partition coefficient (Wildman–Crippen LogP) is 1.76. The van der Waals surface area contributed by atoms with Crippen molar-refractivity contribution in [3.05, 3.63) is 39.9 Å². The molecule has 1 saturated heterocycles. The molecule has 0 unspecified atom stereocenters. The zero-order valence-corrected chi connectivity index (χ0v) is 11.8. The van der Waals surface area contributed by atoms with Crippen molar-refractivity contribution in [2.24, 2.45) is 0 Å². The van der Waals surface area contributed by atoms with Crippen LogP contribution in [0, 0.1) is 10.1 Å². The molecule has 1 aliphatic rings. The lowest BCUT2D eigenvalue weighted by molar-refractivity contribution is -0.385. The van der Waals surface area contributed by atoms with E-state index in [2.05, 4.69) is 11.9 Å². The number of nitro benzene ring substituents is 1. The monoisotopic (exact) mass is 277 g/mol. The van der Waals surface area contributed by atoms with Gasteiger partial charge < -0.3 is 9.80 Å². The molecule has 0 radical (unpaired) electrons. The Labute approximate surface area is 118 Å². The summed E-state index contributed by atoms with van der Waals surface area (Å²) in [5.74, 6) is -0.271. The Morgan fingerprint density at radius 3 is 2.55 bits per heavy atom. The zero-order valence-electron chi connectivity index (χ0n) is 11.8. The minimum atomic E-state index is -0.504. The van der Waals surface area contributed by atoms with E-state index in [1.165, 1.54) is 12.1 Å². The summed E-state index contributed by atoms with van der Waals surface area (Å²) in [5, 5.41) is 11.0. The molecule has 6 nitrogen and oxygen atoms in total. The van der Waals surface area contributed by atoms with Crippen LogP contribution in [0.3, 0.4) is 0 Å². The molecule has 0 saturated carbocycles. The van der Waals surface area contributed by atoms with E-state index in [1.54, 1.807) is 24.1 Å². The van der Waals surface area contributed by atoms with Gasteiger partial charge in [0.25, 0.3) is 11.6 Å². The molecule has 0 N–H and O–H groups in total. The van der Waals surface area contributed by atoms with Gasteiger partial charge >= 0.3 is 0 Å². The van der Waals surface area contributed by atoms with Crippen LogP contribution in [0.15, 0.2) is 24.3 Å². The van der Waals surface area contributed by atoms with Crippen LogP contribution in [-0.2, 0) is 0 Å². The SMILES string of the molecule is CN1CCC(N(C)C(=O)c2ccccc2[N+](=O)[O-])CC1. The summed E-state index contributed by atoms with van der Waals surface area (Å²) in [7, 11) is 3.79. The number of rotatable bonds is 3. The first-order chi connectivity index (χ1) is 9.50. The first-order valence-corrected chi connectivity index (χ1v) is 6.70. The Hall–Kier alpha value is -1.95. The average molecular weight is 277 g/mol. The topological polar surface area (TPSA) is 66.7 Å². The van der Waals surface area contributed by atoms with Crippen LogP contribution in [0.25, 0.3) is 0 Å².